The van der Waals surface area contributed by atoms with Gasteiger partial charge in [0.15, 0.2) is 0 Å². The summed E-state index contributed by atoms with van der Waals surface area (Å²) >= 11 is 0. The van der Waals surface area contributed by atoms with Crippen molar-refractivity contribution in [2.24, 2.45) is 5.92 Å². The highest BCUT2D eigenvalue weighted by molar-refractivity contribution is 5.73. The Morgan fingerprint density at radius 3 is 2.54 bits per heavy atom. The number of esters is 1. The summed E-state index contributed by atoms with van der Waals surface area (Å²) in [6, 6.07) is 0. The number of rotatable bonds is 3. The summed E-state index contributed by atoms with van der Waals surface area (Å²) in [4.78, 5) is 25.9. The van der Waals surface area contributed by atoms with Crippen molar-refractivity contribution in [1.82, 2.24) is 4.90 Å². The van der Waals surface area contributed by atoms with Crippen molar-refractivity contribution >= 4 is 12.1 Å². The molecule has 0 atom stereocenters. The average Bonchev–Trinajstić information content (AvgIpc) is 2.80. The first-order valence-corrected chi connectivity index (χ1v) is 8.82. The number of ether oxygens (including phenoxy) is 2. The third-order valence-electron chi connectivity index (χ3n) is 4.19. The lowest BCUT2D eigenvalue weighted by atomic mass is 9.97. The van der Waals surface area contributed by atoms with Crippen LogP contribution in [-0.4, -0.2) is 42.3 Å². The van der Waals surface area contributed by atoms with Gasteiger partial charge in [0.1, 0.15) is 12.2 Å². The van der Waals surface area contributed by atoms with E-state index in [1.807, 2.05) is 20.8 Å². The highest BCUT2D eigenvalue weighted by Gasteiger charge is 2.30. The summed E-state index contributed by atoms with van der Waals surface area (Å²) in [5.41, 5.74) is 0.677. The molecule has 0 unspecified atom stereocenters. The normalized spacial score (nSPS) is 19.5. The molecule has 0 radical (unpaired) electrons. The molecule has 1 saturated heterocycles. The van der Waals surface area contributed by atoms with Crippen LogP contribution in [0.4, 0.5) is 4.79 Å². The van der Waals surface area contributed by atoms with E-state index in [1.54, 1.807) is 4.90 Å². The van der Waals surface area contributed by atoms with Gasteiger partial charge in [0, 0.05) is 13.1 Å². The minimum Gasteiger partial charge on any atom is -0.461 e. The van der Waals surface area contributed by atoms with E-state index in [0.29, 0.717) is 32.5 Å². The van der Waals surface area contributed by atoms with Crippen molar-refractivity contribution in [1.29, 1.82) is 0 Å². The van der Waals surface area contributed by atoms with E-state index in [4.69, 9.17) is 9.47 Å². The molecule has 1 aliphatic heterocycles. The standard InChI is InChI=1S/C19H29NO4/c1-19(2,3)24-18(22)20-12-10-16(11-13-20)17(21)23-14-15-8-6-4-5-7-9-15/h4,6,9,16H,5,7-8,10-14H2,1-3H3. The van der Waals surface area contributed by atoms with E-state index in [2.05, 4.69) is 18.2 Å². The predicted molar refractivity (Wildman–Crippen MR) is 92.6 cm³/mol. The van der Waals surface area contributed by atoms with Crippen LogP contribution in [0.5, 0.6) is 0 Å². The van der Waals surface area contributed by atoms with Crippen LogP contribution in [-0.2, 0) is 14.3 Å². The monoisotopic (exact) mass is 335 g/mol. The molecule has 2 rings (SSSR count). The lowest BCUT2D eigenvalue weighted by molar-refractivity contribution is -0.149. The second kappa shape index (κ2) is 8.36. The van der Waals surface area contributed by atoms with Crippen molar-refractivity contribution in [2.75, 3.05) is 19.7 Å². The van der Waals surface area contributed by atoms with Gasteiger partial charge in [0.25, 0.3) is 0 Å². The van der Waals surface area contributed by atoms with Crippen LogP contribution in [0, 0.1) is 5.92 Å². The van der Waals surface area contributed by atoms with Gasteiger partial charge in [-0.1, -0.05) is 18.2 Å². The third kappa shape index (κ3) is 6.02. The Morgan fingerprint density at radius 1 is 1.17 bits per heavy atom. The second-order valence-corrected chi connectivity index (χ2v) is 7.46. The van der Waals surface area contributed by atoms with Crippen molar-refractivity contribution in [3.63, 3.8) is 0 Å². The molecule has 0 aromatic heterocycles. The Morgan fingerprint density at radius 2 is 1.88 bits per heavy atom. The summed E-state index contributed by atoms with van der Waals surface area (Å²) in [6.07, 6.45) is 10.4. The molecule has 2 aliphatic rings. The van der Waals surface area contributed by atoms with E-state index in [-0.39, 0.29) is 18.0 Å². The quantitative estimate of drug-likeness (QED) is 0.581. The SMILES string of the molecule is CC(C)(C)OC(=O)N1CCC(C(=O)OCC2=CCCC=CC2)CC1. The Labute approximate surface area is 144 Å². The van der Waals surface area contributed by atoms with E-state index in [9.17, 15) is 9.59 Å². The highest BCUT2D eigenvalue weighted by atomic mass is 16.6. The number of carbonyl (C=O) groups excluding carboxylic acids is 2. The lowest BCUT2D eigenvalue weighted by Crippen LogP contribution is -2.43. The molecule has 0 N–H and O–H groups in total. The van der Waals surface area contributed by atoms with Crippen LogP contribution in [0.1, 0.15) is 52.9 Å². The maximum atomic E-state index is 12.2. The molecule has 5 heteroatoms. The summed E-state index contributed by atoms with van der Waals surface area (Å²) in [6.45, 7) is 7.03. The zero-order valence-corrected chi connectivity index (χ0v) is 15.0. The second-order valence-electron chi connectivity index (χ2n) is 7.46. The molecule has 134 valence electrons. The molecular weight excluding hydrogens is 306 g/mol. The Balaban J connectivity index is 1.73. The molecule has 0 aromatic carbocycles. The molecule has 5 nitrogen and oxygen atoms in total. The molecule has 1 heterocycles. The van der Waals surface area contributed by atoms with Crippen LogP contribution in [0.3, 0.4) is 0 Å². The molecule has 1 amide bonds. The van der Waals surface area contributed by atoms with Crippen molar-refractivity contribution in [2.45, 2.75) is 58.5 Å². The number of amides is 1. The van der Waals surface area contributed by atoms with Crippen LogP contribution in [0.2, 0.25) is 0 Å². The number of nitrogens with zero attached hydrogens (tertiary/aromatic N) is 1. The Hall–Kier alpha value is -1.78. The summed E-state index contributed by atoms with van der Waals surface area (Å²) < 4.78 is 10.8. The molecule has 1 fully saturated rings. The van der Waals surface area contributed by atoms with Crippen LogP contribution in [0.15, 0.2) is 23.8 Å². The largest absolute Gasteiger partial charge is 0.461 e. The van der Waals surface area contributed by atoms with E-state index >= 15 is 0 Å². The minimum atomic E-state index is -0.492. The Kier molecular flexibility index (Phi) is 6.46. The number of hydrogen-bond donors (Lipinski definition) is 0. The van der Waals surface area contributed by atoms with Gasteiger partial charge in [-0.2, -0.15) is 0 Å². The fourth-order valence-corrected chi connectivity index (χ4v) is 2.84. The first-order chi connectivity index (χ1) is 11.3. The first-order valence-electron chi connectivity index (χ1n) is 8.82. The molecule has 0 bridgehead atoms. The van der Waals surface area contributed by atoms with Gasteiger partial charge in [0.05, 0.1) is 5.92 Å². The van der Waals surface area contributed by atoms with E-state index < -0.39 is 5.60 Å². The molecular formula is C19H29NO4. The maximum Gasteiger partial charge on any atom is 0.410 e. The zero-order chi connectivity index (χ0) is 17.6. The van der Waals surface area contributed by atoms with Crippen LogP contribution >= 0.6 is 0 Å². The maximum absolute atomic E-state index is 12.2. The number of piperidine rings is 1. The molecule has 0 saturated carbocycles. The van der Waals surface area contributed by atoms with Gasteiger partial charge >= 0.3 is 12.1 Å². The van der Waals surface area contributed by atoms with Crippen molar-refractivity contribution in [3.05, 3.63) is 23.8 Å². The predicted octanol–water partition coefficient (Wildman–Crippen LogP) is 3.84. The Bertz CT molecular complexity index is 508. The van der Waals surface area contributed by atoms with Gasteiger partial charge in [-0.3, -0.25) is 4.79 Å². The van der Waals surface area contributed by atoms with Crippen LogP contribution in [0.25, 0.3) is 0 Å². The first kappa shape index (κ1) is 18.6. The average molecular weight is 335 g/mol. The number of carbonyl (C=O) groups is 2. The van der Waals surface area contributed by atoms with Gasteiger partial charge in [-0.25, -0.2) is 4.79 Å². The van der Waals surface area contributed by atoms with Gasteiger partial charge < -0.3 is 14.4 Å². The van der Waals surface area contributed by atoms with Crippen molar-refractivity contribution < 1.29 is 19.1 Å². The summed E-state index contributed by atoms with van der Waals surface area (Å²) in [5.74, 6) is -0.265. The van der Waals surface area contributed by atoms with E-state index in [1.165, 1.54) is 5.57 Å². The van der Waals surface area contributed by atoms with Crippen molar-refractivity contribution in [3.8, 4) is 0 Å². The van der Waals surface area contributed by atoms with Gasteiger partial charge in [-0.15, -0.1) is 0 Å². The minimum absolute atomic E-state index is 0.120. The number of likely N-dealkylation sites (tertiary alicyclic amines) is 1. The zero-order valence-electron chi connectivity index (χ0n) is 15.0. The van der Waals surface area contributed by atoms with Gasteiger partial charge in [-0.05, 0) is 58.4 Å². The summed E-state index contributed by atoms with van der Waals surface area (Å²) in [5, 5.41) is 0. The molecule has 24 heavy (non-hydrogen) atoms. The molecule has 1 aliphatic carbocycles. The topological polar surface area (TPSA) is 55.8 Å². The number of hydrogen-bond acceptors (Lipinski definition) is 4. The fourth-order valence-electron chi connectivity index (χ4n) is 2.84. The fraction of sp³-hybridized carbons (Fsp3) is 0.684. The van der Waals surface area contributed by atoms with Gasteiger partial charge in [0.2, 0.25) is 0 Å². The summed E-state index contributed by atoms with van der Waals surface area (Å²) in [7, 11) is 0. The third-order valence-corrected chi connectivity index (χ3v) is 4.19. The lowest BCUT2D eigenvalue weighted by Gasteiger charge is -2.32. The smallest absolute Gasteiger partial charge is 0.410 e. The highest BCUT2D eigenvalue weighted by Crippen LogP contribution is 2.21. The number of allylic oxidation sites excluding steroid dienone is 3. The molecule has 0 aromatic rings. The van der Waals surface area contributed by atoms with E-state index in [0.717, 1.165) is 19.3 Å². The van der Waals surface area contributed by atoms with Crippen LogP contribution < -0.4 is 0 Å². The molecule has 0 spiro atoms.